The molecule has 1 aromatic rings. The van der Waals surface area contributed by atoms with E-state index in [4.69, 9.17) is 9.84 Å². The van der Waals surface area contributed by atoms with Crippen LogP contribution in [0.2, 0.25) is 0 Å². The van der Waals surface area contributed by atoms with Gasteiger partial charge in [-0.3, -0.25) is 4.79 Å². The molecule has 4 heteroatoms. The highest BCUT2D eigenvalue weighted by Crippen LogP contribution is 2.52. The number of rotatable bonds is 4. The number of ether oxygens (including phenoxy) is 1. The number of carbonyl (C=O) groups excluding carboxylic acids is 1. The van der Waals surface area contributed by atoms with Crippen LogP contribution in [0.15, 0.2) is 24.3 Å². The fourth-order valence-electron chi connectivity index (χ4n) is 4.16. The van der Waals surface area contributed by atoms with Crippen LogP contribution in [-0.4, -0.2) is 22.6 Å². The summed E-state index contributed by atoms with van der Waals surface area (Å²) < 4.78 is 5.52. The van der Waals surface area contributed by atoms with E-state index in [-0.39, 0.29) is 11.9 Å². The van der Waals surface area contributed by atoms with Crippen LogP contribution in [0.1, 0.15) is 74.7 Å². The Morgan fingerprint density at radius 3 is 2.16 bits per heavy atom. The first-order valence-corrected chi connectivity index (χ1v) is 9.30. The Morgan fingerprint density at radius 1 is 1.04 bits per heavy atom. The predicted molar refractivity (Wildman–Crippen MR) is 95.5 cm³/mol. The minimum absolute atomic E-state index is 0.0242. The molecule has 2 saturated carbocycles. The molecule has 0 aromatic heterocycles. The minimum Gasteiger partial charge on any atom is -0.478 e. The number of benzene rings is 1. The highest BCUT2D eigenvalue weighted by atomic mass is 16.6. The largest absolute Gasteiger partial charge is 0.478 e. The molecule has 0 saturated heterocycles. The third kappa shape index (κ3) is 4.42. The molecule has 1 N–H and O–H groups in total. The molecule has 3 rings (SSSR count). The van der Waals surface area contributed by atoms with E-state index in [9.17, 15) is 9.59 Å². The highest BCUT2D eigenvalue weighted by Gasteiger charge is 2.49. The third-order valence-corrected chi connectivity index (χ3v) is 5.56. The standard InChI is InChI=1S/C21H28O4/c1-21(2,3)25-20(24)18-12-17(18)15-8-4-13(5-9-15)14-6-10-16(11-7-14)19(22)23/h6-7,10-11,13,15,17-18H,4-5,8-9,12H2,1-3H3,(H,22,23)/t13-,15-,17?,18-/m1/s1. The van der Waals surface area contributed by atoms with Gasteiger partial charge in [-0.25, -0.2) is 4.79 Å². The molecule has 2 aliphatic carbocycles. The van der Waals surface area contributed by atoms with Gasteiger partial charge >= 0.3 is 11.9 Å². The van der Waals surface area contributed by atoms with Gasteiger partial charge in [0, 0.05) is 0 Å². The lowest BCUT2D eigenvalue weighted by atomic mass is 9.76. The van der Waals surface area contributed by atoms with Crippen LogP contribution in [0.4, 0.5) is 0 Å². The number of carbonyl (C=O) groups is 2. The molecule has 1 aromatic carbocycles. The molecule has 2 atom stereocenters. The third-order valence-electron chi connectivity index (χ3n) is 5.56. The van der Waals surface area contributed by atoms with Crippen molar-refractivity contribution >= 4 is 11.9 Å². The van der Waals surface area contributed by atoms with Crippen LogP contribution in [0, 0.1) is 17.8 Å². The van der Waals surface area contributed by atoms with Crippen molar-refractivity contribution in [2.24, 2.45) is 17.8 Å². The summed E-state index contributed by atoms with van der Waals surface area (Å²) in [7, 11) is 0. The molecule has 136 valence electrons. The maximum atomic E-state index is 12.2. The van der Waals surface area contributed by atoms with E-state index in [1.54, 1.807) is 12.1 Å². The Morgan fingerprint density at radius 2 is 1.64 bits per heavy atom. The quantitative estimate of drug-likeness (QED) is 0.809. The first-order valence-electron chi connectivity index (χ1n) is 9.30. The molecule has 1 unspecified atom stereocenters. The molecule has 0 radical (unpaired) electrons. The first kappa shape index (κ1) is 18.0. The number of aromatic carboxylic acids is 1. The van der Waals surface area contributed by atoms with Gasteiger partial charge in [0.15, 0.2) is 0 Å². The van der Waals surface area contributed by atoms with Crippen LogP contribution in [-0.2, 0) is 9.53 Å². The Labute approximate surface area is 149 Å². The minimum atomic E-state index is -0.878. The molecule has 2 aliphatic rings. The number of hydrogen-bond acceptors (Lipinski definition) is 3. The summed E-state index contributed by atoms with van der Waals surface area (Å²) in [5.41, 5.74) is 1.18. The number of carboxylic acid groups (broad SMARTS) is 1. The summed E-state index contributed by atoms with van der Waals surface area (Å²) >= 11 is 0. The van der Waals surface area contributed by atoms with Gasteiger partial charge in [0.1, 0.15) is 5.60 Å². The van der Waals surface area contributed by atoms with Crippen LogP contribution >= 0.6 is 0 Å². The fourth-order valence-corrected chi connectivity index (χ4v) is 4.16. The van der Waals surface area contributed by atoms with Crippen molar-refractivity contribution in [3.8, 4) is 0 Å². The van der Waals surface area contributed by atoms with Crippen molar-refractivity contribution in [3.63, 3.8) is 0 Å². The molecule has 0 aliphatic heterocycles. The van der Waals surface area contributed by atoms with Crippen molar-refractivity contribution in [1.29, 1.82) is 0 Å². The summed E-state index contributed by atoms with van der Waals surface area (Å²) in [6.07, 6.45) is 5.52. The Kier molecular flexibility index (Phi) is 4.90. The molecular formula is C21H28O4. The molecule has 0 bridgehead atoms. The molecule has 4 nitrogen and oxygen atoms in total. The second kappa shape index (κ2) is 6.81. The van der Waals surface area contributed by atoms with E-state index in [0.29, 0.717) is 23.3 Å². The van der Waals surface area contributed by atoms with Gasteiger partial charge in [0.2, 0.25) is 0 Å². The Balaban J connectivity index is 1.50. The summed E-state index contributed by atoms with van der Waals surface area (Å²) in [5.74, 6) is 0.853. The molecule has 2 fully saturated rings. The average molecular weight is 344 g/mol. The van der Waals surface area contributed by atoms with E-state index in [2.05, 4.69) is 0 Å². The zero-order valence-corrected chi connectivity index (χ0v) is 15.3. The number of carboxylic acids is 1. The zero-order valence-electron chi connectivity index (χ0n) is 15.3. The van der Waals surface area contributed by atoms with Gasteiger partial charge in [-0.05, 0) is 88.3 Å². The Hall–Kier alpha value is -1.84. The fraction of sp³-hybridized carbons (Fsp3) is 0.619. The van der Waals surface area contributed by atoms with E-state index < -0.39 is 11.6 Å². The lowest BCUT2D eigenvalue weighted by Crippen LogP contribution is -2.26. The van der Waals surface area contributed by atoms with Gasteiger partial charge in [-0.1, -0.05) is 12.1 Å². The predicted octanol–water partition coefficient (Wildman–Crippen LogP) is 4.64. The van der Waals surface area contributed by atoms with Crippen LogP contribution in [0.5, 0.6) is 0 Å². The SMILES string of the molecule is CC(C)(C)OC(=O)[C@@H]1CC1[C@H]1CC[C@H](c2ccc(C(=O)O)cc2)CC1. The normalized spacial score (nSPS) is 29.1. The van der Waals surface area contributed by atoms with E-state index in [1.165, 1.54) is 5.56 Å². The average Bonchev–Trinajstić information content (AvgIpc) is 3.34. The Bertz CT molecular complexity index is 633. The summed E-state index contributed by atoms with van der Waals surface area (Å²) in [6, 6.07) is 7.30. The molecule has 0 spiro atoms. The monoisotopic (exact) mass is 344 g/mol. The lowest BCUT2D eigenvalue weighted by Gasteiger charge is -2.29. The van der Waals surface area contributed by atoms with Gasteiger partial charge in [0.05, 0.1) is 11.5 Å². The van der Waals surface area contributed by atoms with Crippen LogP contribution in [0.25, 0.3) is 0 Å². The van der Waals surface area contributed by atoms with Crippen molar-refractivity contribution < 1.29 is 19.4 Å². The second-order valence-electron chi connectivity index (χ2n) is 8.58. The molecule has 0 heterocycles. The van der Waals surface area contributed by atoms with Crippen molar-refractivity contribution in [2.45, 2.75) is 64.4 Å². The van der Waals surface area contributed by atoms with Crippen molar-refractivity contribution in [2.75, 3.05) is 0 Å². The maximum Gasteiger partial charge on any atom is 0.335 e. The summed E-state index contributed by atoms with van der Waals surface area (Å²) in [5, 5.41) is 8.99. The van der Waals surface area contributed by atoms with E-state index >= 15 is 0 Å². The van der Waals surface area contributed by atoms with E-state index in [1.807, 2.05) is 32.9 Å². The smallest absolute Gasteiger partial charge is 0.335 e. The summed E-state index contributed by atoms with van der Waals surface area (Å²) in [6.45, 7) is 5.76. The van der Waals surface area contributed by atoms with Crippen molar-refractivity contribution in [3.05, 3.63) is 35.4 Å². The topological polar surface area (TPSA) is 63.6 Å². The van der Waals surface area contributed by atoms with Gasteiger partial charge < -0.3 is 9.84 Å². The van der Waals surface area contributed by atoms with Crippen LogP contribution < -0.4 is 0 Å². The molecular weight excluding hydrogens is 316 g/mol. The highest BCUT2D eigenvalue weighted by molar-refractivity contribution is 5.87. The van der Waals surface area contributed by atoms with E-state index in [0.717, 1.165) is 32.1 Å². The lowest BCUT2D eigenvalue weighted by molar-refractivity contribution is -0.157. The van der Waals surface area contributed by atoms with Gasteiger partial charge in [-0.2, -0.15) is 0 Å². The number of hydrogen-bond donors (Lipinski definition) is 1. The molecule has 0 amide bonds. The van der Waals surface area contributed by atoms with Crippen LogP contribution in [0.3, 0.4) is 0 Å². The maximum absolute atomic E-state index is 12.2. The zero-order chi connectivity index (χ0) is 18.2. The van der Waals surface area contributed by atoms with Gasteiger partial charge in [0.25, 0.3) is 0 Å². The number of esters is 1. The van der Waals surface area contributed by atoms with Crippen molar-refractivity contribution in [1.82, 2.24) is 0 Å². The second-order valence-corrected chi connectivity index (χ2v) is 8.58. The first-order chi connectivity index (χ1) is 11.7. The summed E-state index contributed by atoms with van der Waals surface area (Å²) in [4.78, 5) is 23.1. The van der Waals surface area contributed by atoms with Gasteiger partial charge in [-0.15, -0.1) is 0 Å². The molecule has 25 heavy (non-hydrogen) atoms.